The van der Waals surface area contributed by atoms with Crippen LogP contribution in [0.2, 0.25) is 4.34 Å². The van der Waals surface area contributed by atoms with Crippen LogP contribution in [0.5, 0.6) is 0 Å². The van der Waals surface area contributed by atoms with E-state index < -0.39 is 0 Å². The molecule has 1 aromatic heterocycles. The van der Waals surface area contributed by atoms with E-state index in [0.29, 0.717) is 12.1 Å². The van der Waals surface area contributed by atoms with E-state index in [1.54, 1.807) is 11.3 Å². The standard InChI is InChI=1S/C13H20ClNO2S/c1-10(12-3-4-13(14)18-12)15-6-2-7-17-11-5-8-16-9-11/h3-4,10-11,15H,2,5-9H2,1H3/t10-,11-/m1/s1. The summed E-state index contributed by atoms with van der Waals surface area (Å²) in [4.78, 5) is 1.28. The Morgan fingerprint density at radius 2 is 2.50 bits per heavy atom. The summed E-state index contributed by atoms with van der Waals surface area (Å²) in [7, 11) is 0. The molecule has 2 heterocycles. The molecule has 18 heavy (non-hydrogen) atoms. The molecule has 0 aromatic carbocycles. The van der Waals surface area contributed by atoms with Crippen LogP contribution in [-0.4, -0.2) is 32.5 Å². The molecule has 5 heteroatoms. The predicted octanol–water partition coefficient (Wildman–Crippen LogP) is 3.25. The first kappa shape index (κ1) is 14.3. The van der Waals surface area contributed by atoms with E-state index >= 15 is 0 Å². The number of rotatable bonds is 7. The van der Waals surface area contributed by atoms with Gasteiger partial charge in [-0.3, -0.25) is 0 Å². The first-order chi connectivity index (χ1) is 8.75. The number of hydrogen-bond donors (Lipinski definition) is 1. The zero-order valence-electron chi connectivity index (χ0n) is 10.7. The first-order valence-electron chi connectivity index (χ1n) is 6.43. The van der Waals surface area contributed by atoms with Gasteiger partial charge >= 0.3 is 0 Å². The molecule has 2 rings (SSSR count). The number of ether oxygens (including phenoxy) is 2. The van der Waals surface area contributed by atoms with Crippen molar-refractivity contribution in [3.8, 4) is 0 Å². The fourth-order valence-electron chi connectivity index (χ4n) is 1.95. The van der Waals surface area contributed by atoms with Gasteiger partial charge in [-0.15, -0.1) is 11.3 Å². The van der Waals surface area contributed by atoms with Crippen molar-refractivity contribution >= 4 is 22.9 Å². The van der Waals surface area contributed by atoms with Gasteiger partial charge in [0.2, 0.25) is 0 Å². The van der Waals surface area contributed by atoms with Crippen molar-refractivity contribution in [2.45, 2.75) is 31.9 Å². The predicted molar refractivity (Wildman–Crippen MR) is 75.5 cm³/mol. The average Bonchev–Trinajstić information content (AvgIpc) is 2.99. The molecular formula is C13H20ClNO2S. The van der Waals surface area contributed by atoms with E-state index in [2.05, 4.69) is 18.3 Å². The largest absolute Gasteiger partial charge is 0.379 e. The Balaban J connectivity index is 1.54. The number of thiophene rings is 1. The SMILES string of the molecule is C[C@@H](NCCCO[C@@H]1CCOC1)c1ccc(Cl)s1. The summed E-state index contributed by atoms with van der Waals surface area (Å²) in [6.45, 7) is 5.54. The smallest absolute Gasteiger partial charge is 0.0931 e. The summed E-state index contributed by atoms with van der Waals surface area (Å²) >= 11 is 7.56. The fraction of sp³-hybridized carbons (Fsp3) is 0.692. The third-order valence-electron chi connectivity index (χ3n) is 3.03. The minimum Gasteiger partial charge on any atom is -0.379 e. The van der Waals surface area contributed by atoms with Crippen LogP contribution >= 0.6 is 22.9 Å². The Morgan fingerprint density at radius 3 is 3.17 bits per heavy atom. The fourth-order valence-corrected chi connectivity index (χ4v) is 3.03. The maximum Gasteiger partial charge on any atom is 0.0931 e. The lowest BCUT2D eigenvalue weighted by molar-refractivity contribution is 0.0414. The summed E-state index contributed by atoms with van der Waals surface area (Å²) in [6.07, 6.45) is 2.39. The van der Waals surface area contributed by atoms with E-state index in [4.69, 9.17) is 21.1 Å². The molecule has 1 aromatic rings. The Kier molecular flexibility index (Phi) is 5.92. The summed E-state index contributed by atoms with van der Waals surface area (Å²) in [6, 6.07) is 4.39. The zero-order chi connectivity index (χ0) is 12.8. The highest BCUT2D eigenvalue weighted by atomic mass is 35.5. The lowest BCUT2D eigenvalue weighted by Crippen LogP contribution is -2.21. The van der Waals surface area contributed by atoms with Gasteiger partial charge in [0, 0.05) is 24.1 Å². The Bertz CT molecular complexity index is 353. The van der Waals surface area contributed by atoms with Crippen molar-refractivity contribution in [1.82, 2.24) is 5.32 Å². The topological polar surface area (TPSA) is 30.5 Å². The van der Waals surface area contributed by atoms with Crippen LogP contribution in [0.4, 0.5) is 0 Å². The molecule has 2 atom stereocenters. The van der Waals surface area contributed by atoms with Crippen molar-refractivity contribution in [2.75, 3.05) is 26.4 Å². The third kappa shape index (κ3) is 4.52. The average molecular weight is 290 g/mol. The first-order valence-corrected chi connectivity index (χ1v) is 7.63. The molecule has 1 saturated heterocycles. The maximum atomic E-state index is 5.92. The minimum atomic E-state index is 0.318. The van der Waals surface area contributed by atoms with Gasteiger partial charge in [0.25, 0.3) is 0 Å². The second kappa shape index (κ2) is 7.46. The van der Waals surface area contributed by atoms with Crippen molar-refractivity contribution in [2.24, 2.45) is 0 Å². The molecule has 1 aliphatic heterocycles. The number of hydrogen-bond acceptors (Lipinski definition) is 4. The molecule has 0 aliphatic carbocycles. The Labute approximate surface area is 117 Å². The number of nitrogens with one attached hydrogen (secondary N) is 1. The third-order valence-corrected chi connectivity index (χ3v) is 4.45. The molecular weight excluding hydrogens is 270 g/mol. The minimum absolute atomic E-state index is 0.318. The highest BCUT2D eigenvalue weighted by molar-refractivity contribution is 7.16. The van der Waals surface area contributed by atoms with Crippen LogP contribution in [0.3, 0.4) is 0 Å². The van der Waals surface area contributed by atoms with Gasteiger partial charge in [-0.25, -0.2) is 0 Å². The molecule has 0 amide bonds. The highest BCUT2D eigenvalue weighted by Gasteiger charge is 2.15. The van der Waals surface area contributed by atoms with Crippen LogP contribution in [-0.2, 0) is 9.47 Å². The Morgan fingerprint density at radius 1 is 1.61 bits per heavy atom. The van der Waals surface area contributed by atoms with Gasteiger partial charge < -0.3 is 14.8 Å². The summed E-state index contributed by atoms with van der Waals surface area (Å²) in [5.74, 6) is 0. The second-order valence-electron chi connectivity index (χ2n) is 4.53. The van der Waals surface area contributed by atoms with Gasteiger partial charge in [0.1, 0.15) is 0 Å². The van der Waals surface area contributed by atoms with Crippen LogP contribution in [0.25, 0.3) is 0 Å². The quantitative estimate of drug-likeness (QED) is 0.782. The Hall–Kier alpha value is -0.130. The van der Waals surface area contributed by atoms with Crippen molar-refractivity contribution < 1.29 is 9.47 Å². The molecule has 0 spiro atoms. The zero-order valence-corrected chi connectivity index (χ0v) is 12.2. The van der Waals surface area contributed by atoms with Crippen LogP contribution in [0.15, 0.2) is 12.1 Å². The normalized spacial score (nSPS) is 21.3. The number of halogens is 1. The van der Waals surface area contributed by atoms with E-state index in [1.807, 2.05) is 6.07 Å². The molecule has 0 unspecified atom stereocenters. The van der Waals surface area contributed by atoms with Crippen LogP contribution in [0.1, 0.15) is 30.7 Å². The lowest BCUT2D eigenvalue weighted by atomic mass is 10.2. The van der Waals surface area contributed by atoms with Crippen LogP contribution in [0, 0.1) is 0 Å². The molecule has 102 valence electrons. The van der Waals surface area contributed by atoms with Gasteiger partial charge in [0.05, 0.1) is 17.0 Å². The van der Waals surface area contributed by atoms with Gasteiger partial charge in [-0.2, -0.15) is 0 Å². The van der Waals surface area contributed by atoms with Crippen LogP contribution < -0.4 is 5.32 Å². The molecule has 1 fully saturated rings. The molecule has 1 aliphatic rings. The van der Waals surface area contributed by atoms with Crippen molar-refractivity contribution in [3.63, 3.8) is 0 Å². The van der Waals surface area contributed by atoms with E-state index in [9.17, 15) is 0 Å². The van der Waals surface area contributed by atoms with Crippen molar-refractivity contribution in [1.29, 1.82) is 0 Å². The van der Waals surface area contributed by atoms with E-state index in [1.165, 1.54) is 4.88 Å². The maximum absolute atomic E-state index is 5.92. The summed E-state index contributed by atoms with van der Waals surface area (Å²) < 4.78 is 11.8. The molecule has 1 N–H and O–H groups in total. The molecule has 0 radical (unpaired) electrons. The summed E-state index contributed by atoms with van der Waals surface area (Å²) in [5, 5.41) is 3.48. The molecule has 0 bridgehead atoms. The summed E-state index contributed by atoms with van der Waals surface area (Å²) in [5.41, 5.74) is 0. The van der Waals surface area contributed by atoms with E-state index in [0.717, 1.165) is 43.5 Å². The van der Waals surface area contributed by atoms with Crippen molar-refractivity contribution in [3.05, 3.63) is 21.3 Å². The second-order valence-corrected chi connectivity index (χ2v) is 6.27. The monoisotopic (exact) mass is 289 g/mol. The lowest BCUT2D eigenvalue weighted by Gasteiger charge is -2.13. The van der Waals surface area contributed by atoms with E-state index in [-0.39, 0.29) is 0 Å². The van der Waals surface area contributed by atoms with Gasteiger partial charge in [-0.1, -0.05) is 11.6 Å². The molecule has 0 saturated carbocycles. The molecule has 3 nitrogen and oxygen atoms in total. The highest BCUT2D eigenvalue weighted by Crippen LogP contribution is 2.26. The van der Waals surface area contributed by atoms with Gasteiger partial charge in [0.15, 0.2) is 0 Å². The van der Waals surface area contributed by atoms with Gasteiger partial charge in [-0.05, 0) is 38.4 Å².